The molecule has 0 bridgehead atoms. The lowest BCUT2D eigenvalue weighted by Gasteiger charge is -2.16. The first-order valence-electron chi connectivity index (χ1n) is 4.61. The Morgan fingerprint density at radius 3 is 2.25 bits per heavy atom. The highest BCUT2D eigenvalue weighted by Gasteiger charge is 2.30. The van der Waals surface area contributed by atoms with Crippen molar-refractivity contribution in [3.05, 3.63) is 35.4 Å². The average molecular weight is 234 g/mol. The van der Waals surface area contributed by atoms with E-state index in [1.807, 2.05) is 0 Å². The zero-order chi connectivity index (χ0) is 12.2. The molecule has 0 saturated carbocycles. The maximum Gasteiger partial charge on any atom is 0.416 e. The smallest absolute Gasteiger partial charge is 0.383 e. The SMILES string of the molecule is COCC(NN)c1ccc(C(F)(F)F)cc1. The standard InChI is InChI=1S/C10H13F3N2O/c1-16-6-9(15-14)7-2-4-8(5-3-7)10(11,12)13/h2-5,9,15H,6,14H2,1H3. The molecule has 0 spiro atoms. The minimum absolute atomic E-state index is 0.294. The predicted octanol–water partition coefficient (Wildman–Crippen LogP) is 1.86. The fraction of sp³-hybridized carbons (Fsp3) is 0.400. The second-order valence-electron chi connectivity index (χ2n) is 3.29. The van der Waals surface area contributed by atoms with Gasteiger partial charge in [-0.3, -0.25) is 11.3 Å². The summed E-state index contributed by atoms with van der Waals surface area (Å²) in [5, 5.41) is 0. The summed E-state index contributed by atoms with van der Waals surface area (Å²) in [6.45, 7) is 0.294. The molecule has 0 aliphatic heterocycles. The zero-order valence-corrected chi connectivity index (χ0v) is 8.71. The van der Waals surface area contributed by atoms with Crippen LogP contribution in [0.3, 0.4) is 0 Å². The molecular formula is C10H13F3N2O. The van der Waals surface area contributed by atoms with Gasteiger partial charge in [0, 0.05) is 7.11 Å². The highest BCUT2D eigenvalue weighted by molar-refractivity contribution is 5.26. The van der Waals surface area contributed by atoms with Gasteiger partial charge in [0.1, 0.15) is 0 Å². The topological polar surface area (TPSA) is 47.3 Å². The van der Waals surface area contributed by atoms with Crippen LogP contribution in [0.15, 0.2) is 24.3 Å². The first-order chi connectivity index (χ1) is 7.49. The Morgan fingerprint density at radius 1 is 1.31 bits per heavy atom. The number of alkyl halides is 3. The maximum absolute atomic E-state index is 12.3. The summed E-state index contributed by atoms with van der Waals surface area (Å²) in [5.41, 5.74) is 2.45. The number of ether oxygens (including phenoxy) is 1. The van der Waals surface area contributed by atoms with Gasteiger partial charge in [-0.1, -0.05) is 12.1 Å². The number of methoxy groups -OCH3 is 1. The van der Waals surface area contributed by atoms with E-state index in [1.54, 1.807) is 0 Å². The molecule has 0 aliphatic rings. The molecule has 0 radical (unpaired) electrons. The van der Waals surface area contributed by atoms with Gasteiger partial charge in [-0.15, -0.1) is 0 Å². The lowest BCUT2D eigenvalue weighted by Crippen LogP contribution is -2.31. The second kappa shape index (κ2) is 5.29. The Labute approximate surface area is 91.4 Å². The van der Waals surface area contributed by atoms with Crippen molar-refractivity contribution in [2.75, 3.05) is 13.7 Å². The van der Waals surface area contributed by atoms with E-state index in [0.29, 0.717) is 12.2 Å². The number of hydrogen-bond donors (Lipinski definition) is 2. The Balaban J connectivity index is 2.85. The molecule has 0 amide bonds. The van der Waals surface area contributed by atoms with Crippen molar-refractivity contribution in [2.45, 2.75) is 12.2 Å². The highest BCUT2D eigenvalue weighted by Crippen LogP contribution is 2.29. The zero-order valence-electron chi connectivity index (χ0n) is 8.71. The molecule has 1 unspecified atom stereocenters. The Kier molecular flexibility index (Phi) is 4.28. The van der Waals surface area contributed by atoms with Crippen molar-refractivity contribution in [2.24, 2.45) is 5.84 Å². The molecule has 90 valence electrons. The van der Waals surface area contributed by atoms with E-state index < -0.39 is 11.7 Å². The van der Waals surface area contributed by atoms with Gasteiger partial charge in [-0.25, -0.2) is 0 Å². The van der Waals surface area contributed by atoms with Crippen LogP contribution in [0.1, 0.15) is 17.2 Å². The predicted molar refractivity (Wildman–Crippen MR) is 53.4 cm³/mol. The van der Waals surface area contributed by atoms with Crippen molar-refractivity contribution in [1.82, 2.24) is 5.43 Å². The van der Waals surface area contributed by atoms with Crippen LogP contribution in [-0.4, -0.2) is 13.7 Å². The van der Waals surface area contributed by atoms with Crippen molar-refractivity contribution < 1.29 is 17.9 Å². The van der Waals surface area contributed by atoms with Crippen molar-refractivity contribution in [3.63, 3.8) is 0 Å². The van der Waals surface area contributed by atoms with Gasteiger partial charge in [0.05, 0.1) is 18.2 Å². The summed E-state index contributed by atoms with van der Waals surface area (Å²) < 4.78 is 41.7. The van der Waals surface area contributed by atoms with E-state index >= 15 is 0 Å². The lowest BCUT2D eigenvalue weighted by molar-refractivity contribution is -0.137. The molecule has 1 aromatic carbocycles. The molecule has 1 rings (SSSR count). The van der Waals surface area contributed by atoms with E-state index in [9.17, 15) is 13.2 Å². The molecule has 0 heterocycles. The number of hydrogen-bond acceptors (Lipinski definition) is 3. The third-order valence-corrected chi connectivity index (χ3v) is 2.17. The molecule has 0 saturated heterocycles. The Hall–Kier alpha value is -1.11. The number of benzene rings is 1. The Morgan fingerprint density at radius 2 is 1.88 bits per heavy atom. The second-order valence-corrected chi connectivity index (χ2v) is 3.29. The quantitative estimate of drug-likeness (QED) is 0.617. The summed E-state index contributed by atoms with van der Waals surface area (Å²) in [7, 11) is 1.49. The van der Waals surface area contributed by atoms with Crippen LogP contribution in [0.2, 0.25) is 0 Å². The average Bonchev–Trinajstić information content (AvgIpc) is 2.25. The summed E-state index contributed by atoms with van der Waals surface area (Å²) in [6, 6.07) is 4.50. The molecule has 0 aliphatic carbocycles. The van der Waals surface area contributed by atoms with Crippen LogP contribution in [0.4, 0.5) is 13.2 Å². The van der Waals surface area contributed by atoms with Gasteiger partial charge in [-0.2, -0.15) is 13.2 Å². The largest absolute Gasteiger partial charge is 0.416 e. The van der Waals surface area contributed by atoms with Crippen LogP contribution < -0.4 is 11.3 Å². The van der Waals surface area contributed by atoms with Crippen LogP contribution in [-0.2, 0) is 10.9 Å². The number of nitrogens with one attached hydrogen (secondary N) is 1. The fourth-order valence-electron chi connectivity index (χ4n) is 1.31. The summed E-state index contributed by atoms with van der Waals surface area (Å²) in [4.78, 5) is 0. The normalized spacial score (nSPS) is 13.8. The van der Waals surface area contributed by atoms with E-state index in [4.69, 9.17) is 10.6 Å². The van der Waals surface area contributed by atoms with E-state index in [0.717, 1.165) is 12.1 Å². The minimum atomic E-state index is -4.31. The van der Waals surface area contributed by atoms with Gasteiger partial charge in [0.15, 0.2) is 0 Å². The molecule has 1 aromatic rings. The van der Waals surface area contributed by atoms with Gasteiger partial charge < -0.3 is 4.74 Å². The number of nitrogens with two attached hydrogens (primary N) is 1. The maximum atomic E-state index is 12.3. The third kappa shape index (κ3) is 3.19. The molecular weight excluding hydrogens is 221 g/mol. The number of halogens is 3. The molecule has 3 nitrogen and oxygen atoms in total. The van der Waals surface area contributed by atoms with E-state index in [1.165, 1.54) is 19.2 Å². The Bertz CT molecular complexity index is 324. The van der Waals surface area contributed by atoms with Gasteiger partial charge in [0.2, 0.25) is 0 Å². The van der Waals surface area contributed by atoms with Gasteiger partial charge >= 0.3 is 6.18 Å². The monoisotopic (exact) mass is 234 g/mol. The minimum Gasteiger partial charge on any atom is -0.383 e. The number of hydrazine groups is 1. The van der Waals surface area contributed by atoms with Crippen LogP contribution in [0.25, 0.3) is 0 Å². The fourth-order valence-corrected chi connectivity index (χ4v) is 1.31. The molecule has 0 fully saturated rings. The van der Waals surface area contributed by atoms with Crippen LogP contribution in [0.5, 0.6) is 0 Å². The molecule has 3 N–H and O–H groups in total. The van der Waals surface area contributed by atoms with Gasteiger partial charge in [-0.05, 0) is 17.7 Å². The molecule has 16 heavy (non-hydrogen) atoms. The third-order valence-electron chi connectivity index (χ3n) is 2.17. The van der Waals surface area contributed by atoms with Crippen molar-refractivity contribution in [3.8, 4) is 0 Å². The number of rotatable bonds is 4. The van der Waals surface area contributed by atoms with Crippen LogP contribution in [0, 0.1) is 0 Å². The van der Waals surface area contributed by atoms with Crippen molar-refractivity contribution in [1.29, 1.82) is 0 Å². The summed E-state index contributed by atoms with van der Waals surface area (Å²) >= 11 is 0. The first-order valence-corrected chi connectivity index (χ1v) is 4.61. The highest BCUT2D eigenvalue weighted by atomic mass is 19.4. The van der Waals surface area contributed by atoms with E-state index in [2.05, 4.69) is 5.43 Å². The molecule has 6 heteroatoms. The van der Waals surface area contributed by atoms with Crippen molar-refractivity contribution >= 4 is 0 Å². The molecule has 0 aromatic heterocycles. The van der Waals surface area contributed by atoms with Gasteiger partial charge in [0.25, 0.3) is 0 Å². The summed E-state index contributed by atoms with van der Waals surface area (Å²) in [5.74, 6) is 5.26. The lowest BCUT2D eigenvalue weighted by atomic mass is 10.1. The first kappa shape index (κ1) is 13.0. The van der Waals surface area contributed by atoms with E-state index in [-0.39, 0.29) is 6.04 Å². The summed E-state index contributed by atoms with van der Waals surface area (Å²) in [6.07, 6.45) is -4.31. The van der Waals surface area contributed by atoms with Crippen LogP contribution >= 0.6 is 0 Å². The molecule has 1 atom stereocenters.